The maximum atomic E-state index is 5.39. The van der Waals surface area contributed by atoms with E-state index in [1.165, 1.54) is 0 Å². The largest absolute Gasteiger partial charge is 0.497 e. The van der Waals surface area contributed by atoms with Crippen molar-refractivity contribution in [3.05, 3.63) is 36.3 Å². The molecule has 0 atom stereocenters. The first kappa shape index (κ1) is 16.4. The summed E-state index contributed by atoms with van der Waals surface area (Å²) in [6.45, 7) is 5.85. The van der Waals surface area contributed by atoms with Crippen LogP contribution in [0, 0.1) is 6.92 Å². The number of hydrogen-bond donors (Lipinski definition) is 0. The molecule has 0 bridgehead atoms. The molecule has 0 aliphatic carbocycles. The zero-order valence-corrected chi connectivity index (χ0v) is 14.5. The topological polar surface area (TPSA) is 50.7 Å². The number of nitrogens with zero attached hydrogens (tertiary/aromatic N) is 4. The van der Waals surface area contributed by atoms with Crippen molar-refractivity contribution in [3.63, 3.8) is 0 Å². The summed E-state index contributed by atoms with van der Waals surface area (Å²) in [5.41, 5.74) is 2.13. The van der Waals surface area contributed by atoms with E-state index in [4.69, 9.17) is 9.47 Å². The van der Waals surface area contributed by atoms with Crippen LogP contribution in [0.1, 0.15) is 12.1 Å². The zero-order chi connectivity index (χ0) is 16.9. The summed E-state index contributed by atoms with van der Waals surface area (Å²) in [7, 11) is 3.36. The number of rotatable bonds is 4. The molecule has 6 heteroatoms. The van der Waals surface area contributed by atoms with Gasteiger partial charge in [-0.1, -0.05) is 0 Å². The minimum absolute atomic E-state index is 0.817. The Hall–Kier alpha value is -2.50. The fourth-order valence-electron chi connectivity index (χ4n) is 2.99. The van der Waals surface area contributed by atoms with Gasteiger partial charge in [0, 0.05) is 61.8 Å². The Morgan fingerprint density at radius 2 is 1.50 bits per heavy atom. The molecular formula is C18H24N4O2. The number of benzene rings is 1. The highest BCUT2D eigenvalue weighted by Gasteiger charge is 2.17. The lowest BCUT2D eigenvalue weighted by Gasteiger charge is -2.25. The van der Waals surface area contributed by atoms with Crippen LogP contribution in [-0.2, 0) is 0 Å². The predicted octanol–water partition coefficient (Wildman–Crippen LogP) is 2.52. The summed E-state index contributed by atoms with van der Waals surface area (Å²) in [5, 5.41) is 0. The van der Waals surface area contributed by atoms with Crippen molar-refractivity contribution in [1.29, 1.82) is 0 Å². The van der Waals surface area contributed by atoms with Gasteiger partial charge in [-0.15, -0.1) is 0 Å². The van der Waals surface area contributed by atoms with Crippen molar-refractivity contribution in [1.82, 2.24) is 9.97 Å². The molecule has 0 spiro atoms. The summed E-state index contributed by atoms with van der Waals surface area (Å²) in [5.74, 6) is 2.64. The van der Waals surface area contributed by atoms with E-state index in [-0.39, 0.29) is 0 Å². The highest BCUT2D eigenvalue weighted by atomic mass is 16.5. The molecule has 0 radical (unpaired) electrons. The molecule has 1 saturated heterocycles. The van der Waals surface area contributed by atoms with Gasteiger partial charge in [-0.2, -0.15) is 0 Å². The molecule has 0 N–H and O–H groups in total. The van der Waals surface area contributed by atoms with Crippen LogP contribution in [0.5, 0.6) is 11.5 Å². The number of methoxy groups -OCH3 is 2. The third-order valence-electron chi connectivity index (χ3n) is 4.31. The van der Waals surface area contributed by atoms with E-state index in [9.17, 15) is 0 Å². The Morgan fingerprint density at radius 3 is 2.17 bits per heavy atom. The van der Waals surface area contributed by atoms with Gasteiger partial charge in [0.05, 0.1) is 14.2 Å². The van der Waals surface area contributed by atoms with Crippen molar-refractivity contribution < 1.29 is 9.47 Å². The SMILES string of the molecule is COc1cc(OC)cc(N2CCCN(c3cc(C)ncn3)CC2)c1. The molecule has 3 rings (SSSR count). The molecule has 2 aromatic rings. The minimum atomic E-state index is 0.817. The highest BCUT2D eigenvalue weighted by Crippen LogP contribution is 2.29. The molecule has 0 unspecified atom stereocenters. The Kier molecular flexibility index (Phi) is 5.03. The van der Waals surface area contributed by atoms with Crippen LogP contribution in [-0.4, -0.2) is 50.4 Å². The van der Waals surface area contributed by atoms with Crippen LogP contribution in [0.15, 0.2) is 30.6 Å². The molecule has 24 heavy (non-hydrogen) atoms. The van der Waals surface area contributed by atoms with Crippen molar-refractivity contribution in [2.45, 2.75) is 13.3 Å². The number of anilines is 2. The van der Waals surface area contributed by atoms with Crippen molar-refractivity contribution in [2.75, 3.05) is 50.2 Å². The predicted molar refractivity (Wildman–Crippen MR) is 95.4 cm³/mol. The van der Waals surface area contributed by atoms with Crippen molar-refractivity contribution in [3.8, 4) is 11.5 Å². The van der Waals surface area contributed by atoms with Crippen LogP contribution in [0.3, 0.4) is 0 Å². The average molecular weight is 328 g/mol. The zero-order valence-electron chi connectivity index (χ0n) is 14.5. The number of aromatic nitrogens is 2. The molecule has 6 nitrogen and oxygen atoms in total. The first-order valence-corrected chi connectivity index (χ1v) is 8.21. The van der Waals surface area contributed by atoms with Crippen molar-refractivity contribution in [2.24, 2.45) is 0 Å². The van der Waals surface area contributed by atoms with Gasteiger partial charge in [-0.25, -0.2) is 9.97 Å². The lowest BCUT2D eigenvalue weighted by Crippen LogP contribution is -2.31. The van der Waals surface area contributed by atoms with Gasteiger partial charge >= 0.3 is 0 Å². The van der Waals surface area contributed by atoms with Crippen LogP contribution in [0.4, 0.5) is 11.5 Å². The first-order valence-electron chi connectivity index (χ1n) is 8.21. The van der Waals surface area contributed by atoms with Gasteiger partial charge in [-0.3, -0.25) is 0 Å². The van der Waals surface area contributed by atoms with E-state index in [0.29, 0.717) is 0 Å². The van der Waals surface area contributed by atoms with Crippen LogP contribution in [0.2, 0.25) is 0 Å². The molecule has 2 heterocycles. The molecule has 1 aliphatic heterocycles. The Labute approximate surface area is 143 Å². The summed E-state index contributed by atoms with van der Waals surface area (Å²) in [6, 6.07) is 8.07. The number of aryl methyl sites for hydroxylation is 1. The molecule has 1 aromatic heterocycles. The first-order chi connectivity index (χ1) is 11.7. The second kappa shape index (κ2) is 7.38. The van der Waals surface area contributed by atoms with E-state index in [2.05, 4.69) is 31.9 Å². The van der Waals surface area contributed by atoms with Crippen LogP contribution in [0.25, 0.3) is 0 Å². The van der Waals surface area contributed by atoms with Gasteiger partial charge in [0.1, 0.15) is 23.6 Å². The third-order valence-corrected chi connectivity index (χ3v) is 4.31. The van der Waals surface area contributed by atoms with Crippen LogP contribution < -0.4 is 19.3 Å². The summed E-state index contributed by atoms with van der Waals surface area (Å²) >= 11 is 0. The minimum Gasteiger partial charge on any atom is -0.497 e. The number of hydrogen-bond acceptors (Lipinski definition) is 6. The average Bonchev–Trinajstić information content (AvgIpc) is 2.87. The van der Waals surface area contributed by atoms with Gasteiger partial charge < -0.3 is 19.3 Å². The Bertz CT molecular complexity index is 670. The lowest BCUT2D eigenvalue weighted by atomic mass is 10.2. The molecule has 1 aliphatic rings. The van der Waals surface area contributed by atoms with Crippen LogP contribution >= 0.6 is 0 Å². The summed E-state index contributed by atoms with van der Waals surface area (Å²) in [4.78, 5) is 13.3. The maximum Gasteiger partial charge on any atom is 0.132 e. The maximum absolute atomic E-state index is 5.39. The van der Waals surface area contributed by atoms with E-state index < -0.39 is 0 Å². The monoisotopic (exact) mass is 328 g/mol. The fraction of sp³-hybridized carbons (Fsp3) is 0.444. The Morgan fingerprint density at radius 1 is 0.833 bits per heavy atom. The quantitative estimate of drug-likeness (QED) is 0.859. The molecular weight excluding hydrogens is 304 g/mol. The molecule has 0 saturated carbocycles. The van der Waals surface area contributed by atoms with E-state index >= 15 is 0 Å². The smallest absolute Gasteiger partial charge is 0.132 e. The lowest BCUT2D eigenvalue weighted by molar-refractivity contribution is 0.394. The second-order valence-corrected chi connectivity index (χ2v) is 5.92. The van der Waals surface area contributed by atoms with E-state index in [1.54, 1.807) is 20.5 Å². The van der Waals surface area contributed by atoms with Crippen molar-refractivity contribution >= 4 is 11.5 Å². The normalized spacial score (nSPS) is 15.1. The third kappa shape index (κ3) is 3.69. The summed E-state index contributed by atoms with van der Waals surface area (Å²) in [6.07, 6.45) is 2.71. The Balaban J connectivity index is 1.76. The molecule has 1 fully saturated rings. The molecule has 128 valence electrons. The summed E-state index contributed by atoms with van der Waals surface area (Å²) < 4.78 is 10.8. The second-order valence-electron chi connectivity index (χ2n) is 5.92. The molecule has 1 aromatic carbocycles. The van der Waals surface area contributed by atoms with E-state index in [0.717, 1.165) is 61.3 Å². The van der Waals surface area contributed by atoms with Gasteiger partial charge in [0.25, 0.3) is 0 Å². The molecule has 0 amide bonds. The fourth-order valence-corrected chi connectivity index (χ4v) is 2.99. The highest BCUT2D eigenvalue weighted by molar-refractivity contribution is 5.56. The van der Waals surface area contributed by atoms with Gasteiger partial charge in [0.15, 0.2) is 0 Å². The standard InChI is InChI=1S/C18H24N4O2/c1-14-9-18(20-13-19-14)22-6-4-5-21(7-8-22)15-10-16(23-2)12-17(11-15)24-3/h9-13H,4-8H2,1-3H3. The van der Waals surface area contributed by atoms with Gasteiger partial charge in [-0.05, 0) is 13.3 Å². The number of ether oxygens (including phenoxy) is 2. The van der Waals surface area contributed by atoms with Gasteiger partial charge in [0.2, 0.25) is 0 Å². The van der Waals surface area contributed by atoms with E-state index in [1.807, 2.05) is 19.1 Å².